The zero-order valence-electron chi connectivity index (χ0n) is 16.9. The average Bonchev–Trinajstić information content (AvgIpc) is 2.73. The summed E-state index contributed by atoms with van der Waals surface area (Å²) in [5, 5.41) is 4.77. The van der Waals surface area contributed by atoms with Crippen LogP contribution in [0.2, 0.25) is 0 Å². The summed E-state index contributed by atoms with van der Waals surface area (Å²) in [5.74, 6) is -0.514. The van der Waals surface area contributed by atoms with Gasteiger partial charge in [-0.15, -0.1) is 0 Å². The number of imide groups is 1. The van der Waals surface area contributed by atoms with Crippen molar-refractivity contribution in [2.45, 2.75) is 39.0 Å². The number of hydrogen-bond donors (Lipinski definition) is 2. The molecular formula is C21H28N2O6. The van der Waals surface area contributed by atoms with Gasteiger partial charge in [-0.25, -0.2) is 9.59 Å². The highest BCUT2D eigenvalue weighted by Gasteiger charge is 2.15. The molecule has 0 saturated heterocycles. The first-order valence-electron chi connectivity index (χ1n) is 9.77. The van der Waals surface area contributed by atoms with Crippen molar-refractivity contribution in [2.24, 2.45) is 0 Å². The van der Waals surface area contributed by atoms with Gasteiger partial charge >= 0.3 is 12.0 Å². The SMILES string of the molecule is CCOc1ccc(C(=O)OCC(=O)NC(=O)NCCC2=CCCCC2)cc1OC. The lowest BCUT2D eigenvalue weighted by atomic mass is 9.97. The second kappa shape index (κ2) is 11.7. The van der Waals surface area contributed by atoms with Crippen LogP contribution in [0.4, 0.5) is 4.79 Å². The fourth-order valence-electron chi connectivity index (χ4n) is 2.96. The summed E-state index contributed by atoms with van der Waals surface area (Å²) < 4.78 is 15.5. The summed E-state index contributed by atoms with van der Waals surface area (Å²) in [5.41, 5.74) is 1.55. The third kappa shape index (κ3) is 7.48. The van der Waals surface area contributed by atoms with Crippen LogP contribution in [0.25, 0.3) is 0 Å². The maximum absolute atomic E-state index is 12.1. The molecule has 0 unspecified atom stereocenters. The van der Waals surface area contributed by atoms with Gasteiger partial charge in [-0.3, -0.25) is 10.1 Å². The highest BCUT2D eigenvalue weighted by molar-refractivity contribution is 5.97. The molecule has 0 heterocycles. The van der Waals surface area contributed by atoms with Crippen LogP contribution in [0.1, 0.15) is 49.4 Å². The van der Waals surface area contributed by atoms with Crippen molar-refractivity contribution in [2.75, 3.05) is 26.9 Å². The molecule has 1 aromatic carbocycles. The van der Waals surface area contributed by atoms with Crippen LogP contribution in [0.15, 0.2) is 29.8 Å². The Hall–Kier alpha value is -3.03. The molecule has 0 aromatic heterocycles. The molecular weight excluding hydrogens is 376 g/mol. The Morgan fingerprint density at radius 3 is 2.66 bits per heavy atom. The summed E-state index contributed by atoms with van der Waals surface area (Å²) in [4.78, 5) is 35.7. The van der Waals surface area contributed by atoms with E-state index in [0.717, 1.165) is 19.3 Å². The molecule has 0 aliphatic heterocycles. The first kappa shape index (κ1) is 22.3. The van der Waals surface area contributed by atoms with Crippen molar-refractivity contribution < 1.29 is 28.6 Å². The number of amides is 3. The Morgan fingerprint density at radius 2 is 1.97 bits per heavy atom. The molecule has 0 atom stereocenters. The molecule has 0 bridgehead atoms. The monoisotopic (exact) mass is 404 g/mol. The average molecular weight is 404 g/mol. The fraction of sp³-hybridized carbons (Fsp3) is 0.476. The third-order valence-corrected chi connectivity index (χ3v) is 4.40. The van der Waals surface area contributed by atoms with E-state index in [1.165, 1.54) is 37.7 Å². The standard InChI is InChI=1S/C21H28N2O6/c1-3-28-17-10-9-16(13-18(17)27-2)20(25)29-14-19(24)23-21(26)22-12-11-15-7-5-4-6-8-15/h7,9-10,13H,3-6,8,11-12,14H2,1-2H3,(H2,22,23,24,26). The summed E-state index contributed by atoms with van der Waals surface area (Å²) in [7, 11) is 1.46. The minimum absolute atomic E-state index is 0.211. The Bertz CT molecular complexity index is 760. The molecule has 0 saturated carbocycles. The number of benzene rings is 1. The minimum Gasteiger partial charge on any atom is -0.493 e. The van der Waals surface area contributed by atoms with E-state index in [-0.39, 0.29) is 5.56 Å². The van der Waals surface area contributed by atoms with Crippen molar-refractivity contribution in [3.05, 3.63) is 35.4 Å². The summed E-state index contributed by atoms with van der Waals surface area (Å²) in [6, 6.07) is 3.97. The van der Waals surface area contributed by atoms with Gasteiger partial charge < -0.3 is 19.5 Å². The first-order valence-corrected chi connectivity index (χ1v) is 9.77. The summed E-state index contributed by atoms with van der Waals surface area (Å²) in [6.07, 6.45) is 7.54. The number of carbonyl (C=O) groups excluding carboxylic acids is 3. The van der Waals surface area contributed by atoms with E-state index in [0.29, 0.717) is 24.7 Å². The van der Waals surface area contributed by atoms with Crippen LogP contribution in [-0.2, 0) is 9.53 Å². The molecule has 1 aliphatic carbocycles. The van der Waals surface area contributed by atoms with Crippen molar-refractivity contribution in [1.29, 1.82) is 0 Å². The third-order valence-electron chi connectivity index (χ3n) is 4.40. The minimum atomic E-state index is -0.703. The quantitative estimate of drug-likeness (QED) is 0.485. The van der Waals surface area contributed by atoms with Crippen LogP contribution in [0, 0.1) is 0 Å². The number of nitrogens with one attached hydrogen (secondary N) is 2. The predicted octanol–water partition coefficient (Wildman–Crippen LogP) is 2.97. The molecule has 3 amide bonds. The zero-order chi connectivity index (χ0) is 21.1. The number of esters is 1. The van der Waals surface area contributed by atoms with E-state index >= 15 is 0 Å². The van der Waals surface area contributed by atoms with Gasteiger partial charge in [0.25, 0.3) is 5.91 Å². The predicted molar refractivity (Wildman–Crippen MR) is 107 cm³/mol. The molecule has 158 valence electrons. The van der Waals surface area contributed by atoms with Gasteiger partial charge in [0.05, 0.1) is 19.3 Å². The van der Waals surface area contributed by atoms with E-state index in [1.807, 2.05) is 6.92 Å². The second-order valence-corrected chi connectivity index (χ2v) is 6.54. The topological polar surface area (TPSA) is 103 Å². The number of rotatable bonds is 9. The zero-order valence-corrected chi connectivity index (χ0v) is 16.9. The number of methoxy groups -OCH3 is 1. The van der Waals surface area contributed by atoms with Crippen LogP contribution >= 0.6 is 0 Å². The lowest BCUT2D eigenvalue weighted by Gasteiger charge is -2.13. The van der Waals surface area contributed by atoms with Crippen molar-refractivity contribution in [3.8, 4) is 11.5 Å². The van der Waals surface area contributed by atoms with Gasteiger partial charge in [-0.05, 0) is 57.2 Å². The van der Waals surface area contributed by atoms with Gasteiger partial charge in [-0.1, -0.05) is 11.6 Å². The Kier molecular flexibility index (Phi) is 9.01. The number of ether oxygens (including phenoxy) is 3. The highest BCUT2D eigenvalue weighted by Crippen LogP contribution is 2.28. The Balaban J connectivity index is 1.72. The van der Waals surface area contributed by atoms with Gasteiger partial charge in [0.15, 0.2) is 18.1 Å². The fourth-order valence-corrected chi connectivity index (χ4v) is 2.96. The van der Waals surface area contributed by atoms with Crippen molar-refractivity contribution in [3.63, 3.8) is 0 Å². The van der Waals surface area contributed by atoms with Crippen LogP contribution in [-0.4, -0.2) is 44.8 Å². The molecule has 0 fully saturated rings. The number of carbonyl (C=O) groups is 3. The largest absolute Gasteiger partial charge is 0.493 e. The number of urea groups is 1. The molecule has 2 N–H and O–H groups in total. The Morgan fingerprint density at radius 1 is 1.14 bits per heavy atom. The molecule has 1 aliphatic rings. The maximum Gasteiger partial charge on any atom is 0.338 e. The van der Waals surface area contributed by atoms with Gasteiger partial charge in [-0.2, -0.15) is 0 Å². The normalized spacial score (nSPS) is 13.1. The second-order valence-electron chi connectivity index (χ2n) is 6.54. The van der Waals surface area contributed by atoms with E-state index < -0.39 is 24.5 Å². The maximum atomic E-state index is 12.1. The number of allylic oxidation sites excluding steroid dienone is 1. The molecule has 8 heteroatoms. The van der Waals surface area contributed by atoms with Gasteiger partial charge in [0.2, 0.25) is 0 Å². The van der Waals surface area contributed by atoms with Crippen molar-refractivity contribution >= 4 is 17.9 Å². The van der Waals surface area contributed by atoms with E-state index in [1.54, 1.807) is 6.07 Å². The molecule has 1 aromatic rings. The van der Waals surface area contributed by atoms with Gasteiger partial charge in [0.1, 0.15) is 0 Å². The smallest absolute Gasteiger partial charge is 0.338 e. The molecule has 8 nitrogen and oxygen atoms in total. The van der Waals surface area contributed by atoms with Crippen LogP contribution in [0.3, 0.4) is 0 Å². The van der Waals surface area contributed by atoms with E-state index in [4.69, 9.17) is 14.2 Å². The lowest BCUT2D eigenvalue weighted by molar-refractivity contribution is -0.123. The number of hydrogen-bond acceptors (Lipinski definition) is 6. The van der Waals surface area contributed by atoms with Crippen LogP contribution in [0.5, 0.6) is 11.5 Å². The molecule has 0 radical (unpaired) electrons. The van der Waals surface area contributed by atoms with E-state index in [9.17, 15) is 14.4 Å². The highest BCUT2D eigenvalue weighted by atomic mass is 16.5. The molecule has 2 rings (SSSR count). The Labute approximate surface area is 170 Å². The molecule has 29 heavy (non-hydrogen) atoms. The van der Waals surface area contributed by atoms with E-state index in [2.05, 4.69) is 16.7 Å². The summed E-state index contributed by atoms with van der Waals surface area (Å²) >= 11 is 0. The first-order chi connectivity index (χ1) is 14.0. The van der Waals surface area contributed by atoms with Crippen molar-refractivity contribution in [1.82, 2.24) is 10.6 Å². The van der Waals surface area contributed by atoms with Gasteiger partial charge in [0, 0.05) is 6.54 Å². The summed E-state index contributed by atoms with van der Waals surface area (Å²) in [6.45, 7) is 2.19. The van der Waals surface area contributed by atoms with Crippen LogP contribution < -0.4 is 20.1 Å². The lowest BCUT2D eigenvalue weighted by Crippen LogP contribution is -2.41. The molecule has 0 spiro atoms.